The van der Waals surface area contributed by atoms with Gasteiger partial charge in [0, 0.05) is 19.1 Å². The van der Waals surface area contributed by atoms with Crippen molar-refractivity contribution in [3.8, 4) is 0 Å². The van der Waals surface area contributed by atoms with E-state index in [1.54, 1.807) is 4.90 Å². The van der Waals surface area contributed by atoms with Crippen LogP contribution in [-0.2, 0) is 4.79 Å². The molecule has 1 aliphatic carbocycles. The Kier molecular flexibility index (Phi) is 3.03. The number of carbonyl (C=O) groups is 2. The SMILES string of the molecule is CC1CC1NC(=O)N1CCC(C(=O)O)CC1. The number of likely N-dealkylation sites (tertiary alicyclic amines) is 1. The molecular weight excluding hydrogens is 208 g/mol. The van der Waals surface area contributed by atoms with E-state index in [9.17, 15) is 9.59 Å². The van der Waals surface area contributed by atoms with Gasteiger partial charge in [0.05, 0.1) is 5.92 Å². The van der Waals surface area contributed by atoms with Crippen LogP contribution in [0.25, 0.3) is 0 Å². The van der Waals surface area contributed by atoms with Gasteiger partial charge in [-0.05, 0) is 25.2 Å². The number of piperidine rings is 1. The average molecular weight is 226 g/mol. The number of carboxylic acids is 1. The second-order valence-electron chi connectivity index (χ2n) is 4.87. The predicted octanol–water partition coefficient (Wildman–Crippen LogP) is 0.901. The highest BCUT2D eigenvalue weighted by Gasteiger charge is 2.36. The molecule has 1 saturated carbocycles. The van der Waals surface area contributed by atoms with Crippen LogP contribution in [0.5, 0.6) is 0 Å². The topological polar surface area (TPSA) is 69.6 Å². The molecule has 1 aliphatic heterocycles. The van der Waals surface area contributed by atoms with Crippen molar-refractivity contribution in [3.05, 3.63) is 0 Å². The van der Waals surface area contributed by atoms with E-state index in [0.717, 1.165) is 6.42 Å². The number of aliphatic carboxylic acids is 1. The number of hydrogen-bond acceptors (Lipinski definition) is 2. The van der Waals surface area contributed by atoms with E-state index in [0.29, 0.717) is 37.9 Å². The molecule has 0 aromatic carbocycles. The summed E-state index contributed by atoms with van der Waals surface area (Å²) in [6.07, 6.45) is 2.21. The predicted molar refractivity (Wildman–Crippen MR) is 58.0 cm³/mol. The molecule has 2 unspecified atom stereocenters. The molecule has 0 aromatic rings. The molecule has 16 heavy (non-hydrogen) atoms. The zero-order valence-electron chi connectivity index (χ0n) is 9.48. The molecule has 90 valence electrons. The van der Waals surface area contributed by atoms with Crippen molar-refractivity contribution in [1.29, 1.82) is 0 Å². The molecule has 2 aliphatic rings. The Balaban J connectivity index is 1.75. The molecule has 5 nitrogen and oxygen atoms in total. The molecule has 2 amide bonds. The Morgan fingerprint density at radius 3 is 2.31 bits per heavy atom. The zero-order chi connectivity index (χ0) is 11.7. The molecule has 0 aromatic heterocycles. The van der Waals surface area contributed by atoms with Crippen LogP contribution in [-0.4, -0.2) is 41.1 Å². The van der Waals surface area contributed by atoms with Crippen molar-refractivity contribution in [2.24, 2.45) is 11.8 Å². The summed E-state index contributed by atoms with van der Waals surface area (Å²) in [5.41, 5.74) is 0. The lowest BCUT2D eigenvalue weighted by molar-refractivity contribution is -0.143. The lowest BCUT2D eigenvalue weighted by atomic mass is 9.97. The van der Waals surface area contributed by atoms with Crippen LogP contribution in [0.2, 0.25) is 0 Å². The van der Waals surface area contributed by atoms with Gasteiger partial charge in [0.1, 0.15) is 0 Å². The van der Waals surface area contributed by atoms with Gasteiger partial charge in [0.2, 0.25) is 0 Å². The maximum absolute atomic E-state index is 11.7. The molecular formula is C11H18N2O3. The lowest BCUT2D eigenvalue weighted by Gasteiger charge is -2.30. The highest BCUT2D eigenvalue weighted by atomic mass is 16.4. The molecule has 0 spiro atoms. The van der Waals surface area contributed by atoms with Gasteiger partial charge < -0.3 is 15.3 Å². The van der Waals surface area contributed by atoms with Crippen molar-refractivity contribution in [3.63, 3.8) is 0 Å². The minimum atomic E-state index is -0.740. The first-order valence-corrected chi connectivity index (χ1v) is 5.86. The minimum Gasteiger partial charge on any atom is -0.481 e. The van der Waals surface area contributed by atoms with E-state index in [4.69, 9.17) is 5.11 Å². The van der Waals surface area contributed by atoms with Crippen LogP contribution in [0.4, 0.5) is 4.79 Å². The normalized spacial score (nSPS) is 29.9. The number of rotatable bonds is 2. The summed E-state index contributed by atoms with van der Waals surface area (Å²) in [6.45, 7) is 3.23. The third kappa shape index (κ3) is 2.46. The number of amides is 2. The van der Waals surface area contributed by atoms with Gasteiger partial charge in [-0.15, -0.1) is 0 Å². The van der Waals surface area contributed by atoms with Gasteiger partial charge in [-0.2, -0.15) is 0 Å². The third-order valence-corrected chi connectivity index (χ3v) is 3.55. The number of hydrogen-bond donors (Lipinski definition) is 2. The quantitative estimate of drug-likeness (QED) is 0.735. The summed E-state index contributed by atoms with van der Waals surface area (Å²) in [5.74, 6) is -0.416. The summed E-state index contributed by atoms with van der Waals surface area (Å²) in [5, 5.41) is 11.8. The number of carbonyl (C=O) groups excluding carboxylic acids is 1. The monoisotopic (exact) mass is 226 g/mol. The molecule has 1 saturated heterocycles. The molecule has 0 bridgehead atoms. The average Bonchev–Trinajstić information content (AvgIpc) is 2.94. The van der Waals surface area contributed by atoms with Crippen molar-refractivity contribution in [2.75, 3.05) is 13.1 Å². The summed E-state index contributed by atoms with van der Waals surface area (Å²) < 4.78 is 0. The minimum absolute atomic E-state index is 0.0295. The smallest absolute Gasteiger partial charge is 0.317 e. The Bertz CT molecular complexity index is 298. The maximum atomic E-state index is 11.7. The molecule has 2 fully saturated rings. The fraction of sp³-hybridized carbons (Fsp3) is 0.818. The first-order valence-electron chi connectivity index (χ1n) is 5.86. The van der Waals surface area contributed by atoms with E-state index in [2.05, 4.69) is 12.2 Å². The summed E-state index contributed by atoms with van der Waals surface area (Å²) >= 11 is 0. The van der Waals surface area contributed by atoms with Crippen LogP contribution < -0.4 is 5.32 Å². The first-order chi connectivity index (χ1) is 7.58. The fourth-order valence-corrected chi connectivity index (χ4v) is 2.10. The van der Waals surface area contributed by atoms with Crippen molar-refractivity contribution in [1.82, 2.24) is 10.2 Å². The maximum Gasteiger partial charge on any atom is 0.317 e. The molecule has 2 N–H and O–H groups in total. The molecule has 2 atom stereocenters. The number of nitrogens with zero attached hydrogens (tertiary/aromatic N) is 1. The van der Waals surface area contributed by atoms with Gasteiger partial charge in [-0.1, -0.05) is 6.92 Å². The Labute approximate surface area is 94.8 Å². The van der Waals surface area contributed by atoms with Crippen LogP contribution in [0.3, 0.4) is 0 Å². The Morgan fingerprint density at radius 2 is 1.88 bits per heavy atom. The second kappa shape index (κ2) is 4.31. The van der Waals surface area contributed by atoms with Crippen LogP contribution in [0.1, 0.15) is 26.2 Å². The van der Waals surface area contributed by atoms with Gasteiger partial charge >= 0.3 is 12.0 Å². The van der Waals surface area contributed by atoms with Crippen molar-refractivity contribution >= 4 is 12.0 Å². The molecule has 2 rings (SSSR count). The lowest BCUT2D eigenvalue weighted by Crippen LogP contribution is -2.46. The summed E-state index contributed by atoms with van der Waals surface area (Å²) in [7, 11) is 0. The summed E-state index contributed by atoms with van der Waals surface area (Å²) in [6, 6.07) is 0.308. The van der Waals surface area contributed by atoms with Crippen molar-refractivity contribution in [2.45, 2.75) is 32.2 Å². The van der Waals surface area contributed by atoms with Gasteiger partial charge in [-0.3, -0.25) is 4.79 Å². The van der Waals surface area contributed by atoms with Crippen LogP contribution in [0, 0.1) is 11.8 Å². The molecule has 0 radical (unpaired) electrons. The van der Waals surface area contributed by atoms with E-state index in [-0.39, 0.29) is 11.9 Å². The van der Waals surface area contributed by atoms with Gasteiger partial charge in [-0.25, -0.2) is 4.79 Å². The van der Waals surface area contributed by atoms with E-state index >= 15 is 0 Å². The van der Waals surface area contributed by atoms with Crippen LogP contribution >= 0.6 is 0 Å². The van der Waals surface area contributed by atoms with Crippen molar-refractivity contribution < 1.29 is 14.7 Å². The van der Waals surface area contributed by atoms with E-state index < -0.39 is 5.97 Å². The third-order valence-electron chi connectivity index (χ3n) is 3.55. The highest BCUT2D eigenvalue weighted by molar-refractivity contribution is 5.76. The Morgan fingerprint density at radius 1 is 1.31 bits per heavy atom. The molecule has 5 heteroatoms. The zero-order valence-corrected chi connectivity index (χ0v) is 9.48. The standard InChI is InChI=1S/C11H18N2O3/c1-7-6-9(7)12-11(16)13-4-2-8(3-5-13)10(14)15/h7-9H,2-6H2,1H3,(H,12,16)(H,14,15). The van der Waals surface area contributed by atoms with Gasteiger partial charge in [0.15, 0.2) is 0 Å². The van der Waals surface area contributed by atoms with E-state index in [1.165, 1.54) is 0 Å². The number of urea groups is 1. The number of nitrogens with one attached hydrogen (secondary N) is 1. The van der Waals surface area contributed by atoms with Gasteiger partial charge in [0.25, 0.3) is 0 Å². The largest absolute Gasteiger partial charge is 0.481 e. The fourth-order valence-electron chi connectivity index (χ4n) is 2.10. The molecule has 1 heterocycles. The van der Waals surface area contributed by atoms with Crippen LogP contribution in [0.15, 0.2) is 0 Å². The van der Waals surface area contributed by atoms with E-state index in [1.807, 2.05) is 0 Å². The summed E-state index contributed by atoms with van der Waals surface area (Å²) in [4.78, 5) is 24.2. The number of carboxylic acid groups (broad SMARTS) is 1. The first kappa shape index (κ1) is 11.2. The second-order valence-corrected chi connectivity index (χ2v) is 4.87. The Hall–Kier alpha value is -1.26. The highest BCUT2D eigenvalue weighted by Crippen LogP contribution is 2.29.